The van der Waals surface area contributed by atoms with Gasteiger partial charge in [-0.3, -0.25) is 9.59 Å². The highest BCUT2D eigenvalue weighted by Gasteiger charge is 2.13. The Bertz CT molecular complexity index is 948. The van der Waals surface area contributed by atoms with E-state index >= 15 is 0 Å². The average Bonchev–Trinajstić information content (AvgIpc) is 2.60. The number of nitrogens with one attached hydrogen (secondary N) is 2. The number of nitriles is 1. The van der Waals surface area contributed by atoms with Crippen LogP contribution in [0.4, 0.5) is 11.4 Å². The van der Waals surface area contributed by atoms with Crippen molar-refractivity contribution in [3.05, 3.63) is 56.5 Å². The topological polar surface area (TPSA) is 91.2 Å². The molecule has 8 heteroatoms. The SMILES string of the molecule is COc1c(Br)cc(Br)cc1/C=C(\C#N)C(=O)Nc1ccc(NC(C)=O)cc1. The van der Waals surface area contributed by atoms with Gasteiger partial charge in [-0.25, -0.2) is 0 Å². The highest BCUT2D eigenvalue weighted by Crippen LogP contribution is 2.34. The first-order valence-corrected chi connectivity index (χ1v) is 9.26. The minimum Gasteiger partial charge on any atom is -0.495 e. The summed E-state index contributed by atoms with van der Waals surface area (Å²) >= 11 is 6.76. The summed E-state index contributed by atoms with van der Waals surface area (Å²) in [5.41, 5.74) is 1.61. The molecular weight excluding hydrogens is 478 g/mol. The molecule has 0 saturated heterocycles. The molecule has 0 aliphatic rings. The van der Waals surface area contributed by atoms with E-state index in [0.29, 0.717) is 27.2 Å². The van der Waals surface area contributed by atoms with Gasteiger partial charge in [-0.15, -0.1) is 0 Å². The van der Waals surface area contributed by atoms with E-state index in [2.05, 4.69) is 42.5 Å². The van der Waals surface area contributed by atoms with Crippen molar-refractivity contribution in [3.8, 4) is 11.8 Å². The molecule has 0 atom stereocenters. The number of carbonyl (C=O) groups is 2. The van der Waals surface area contributed by atoms with Crippen molar-refractivity contribution in [1.82, 2.24) is 0 Å². The zero-order chi connectivity index (χ0) is 20.0. The first-order chi connectivity index (χ1) is 12.8. The highest BCUT2D eigenvalue weighted by molar-refractivity contribution is 9.11. The molecular formula is C19H15Br2N3O3. The lowest BCUT2D eigenvalue weighted by atomic mass is 10.1. The lowest BCUT2D eigenvalue weighted by molar-refractivity contribution is -0.114. The van der Waals surface area contributed by atoms with E-state index in [-0.39, 0.29) is 11.5 Å². The Balaban J connectivity index is 2.25. The van der Waals surface area contributed by atoms with Crippen molar-refractivity contribution >= 4 is 61.1 Å². The molecule has 0 aliphatic heterocycles. The van der Waals surface area contributed by atoms with Gasteiger partial charge in [-0.2, -0.15) is 5.26 Å². The van der Waals surface area contributed by atoms with Gasteiger partial charge >= 0.3 is 0 Å². The maximum absolute atomic E-state index is 12.4. The van der Waals surface area contributed by atoms with Crippen LogP contribution in [0.1, 0.15) is 12.5 Å². The van der Waals surface area contributed by atoms with Crippen LogP contribution in [0.25, 0.3) is 6.08 Å². The Kier molecular flexibility index (Phi) is 7.16. The molecule has 0 radical (unpaired) electrons. The maximum Gasteiger partial charge on any atom is 0.266 e. The molecule has 2 N–H and O–H groups in total. The number of methoxy groups -OCH3 is 1. The molecule has 0 aromatic heterocycles. The molecule has 0 saturated carbocycles. The van der Waals surface area contributed by atoms with E-state index in [1.165, 1.54) is 20.1 Å². The average molecular weight is 493 g/mol. The summed E-state index contributed by atoms with van der Waals surface area (Å²) in [5.74, 6) is -0.225. The van der Waals surface area contributed by atoms with Gasteiger partial charge in [0.1, 0.15) is 17.4 Å². The zero-order valence-electron chi connectivity index (χ0n) is 14.5. The number of nitrogens with zero attached hydrogens (tertiary/aromatic N) is 1. The van der Waals surface area contributed by atoms with Gasteiger partial charge in [0.25, 0.3) is 5.91 Å². The van der Waals surface area contributed by atoms with E-state index < -0.39 is 5.91 Å². The van der Waals surface area contributed by atoms with Gasteiger partial charge in [-0.05, 0) is 58.4 Å². The normalized spacial score (nSPS) is 10.7. The fourth-order valence-electron chi connectivity index (χ4n) is 2.25. The van der Waals surface area contributed by atoms with Crippen LogP contribution in [-0.4, -0.2) is 18.9 Å². The number of amides is 2. The largest absolute Gasteiger partial charge is 0.495 e. The molecule has 2 rings (SSSR count). The number of benzene rings is 2. The van der Waals surface area contributed by atoms with Crippen molar-refractivity contribution < 1.29 is 14.3 Å². The number of halogens is 2. The Morgan fingerprint density at radius 2 is 1.70 bits per heavy atom. The zero-order valence-corrected chi connectivity index (χ0v) is 17.6. The Labute approximate surface area is 173 Å². The Morgan fingerprint density at radius 1 is 1.11 bits per heavy atom. The number of ether oxygens (including phenoxy) is 1. The second-order valence-corrected chi connectivity index (χ2v) is 7.16. The summed E-state index contributed by atoms with van der Waals surface area (Å²) in [5, 5.41) is 14.7. The van der Waals surface area contributed by atoms with Crippen molar-refractivity contribution in [1.29, 1.82) is 5.26 Å². The van der Waals surface area contributed by atoms with E-state index in [9.17, 15) is 14.9 Å². The first kappa shape index (κ1) is 20.7. The quantitative estimate of drug-likeness (QED) is 0.466. The lowest BCUT2D eigenvalue weighted by Gasteiger charge is -2.10. The van der Waals surface area contributed by atoms with E-state index in [0.717, 1.165) is 4.47 Å². The smallest absolute Gasteiger partial charge is 0.266 e. The van der Waals surface area contributed by atoms with Crippen LogP contribution in [0.3, 0.4) is 0 Å². The molecule has 0 heterocycles. The summed E-state index contributed by atoms with van der Waals surface area (Å²) in [6, 6.07) is 12.0. The molecule has 2 amide bonds. The number of hydrogen-bond acceptors (Lipinski definition) is 4. The summed E-state index contributed by atoms with van der Waals surface area (Å²) in [7, 11) is 1.51. The summed E-state index contributed by atoms with van der Waals surface area (Å²) < 4.78 is 6.79. The fraction of sp³-hybridized carbons (Fsp3) is 0.105. The van der Waals surface area contributed by atoms with E-state index in [1.54, 1.807) is 36.4 Å². The lowest BCUT2D eigenvalue weighted by Crippen LogP contribution is -2.13. The van der Waals surface area contributed by atoms with Gasteiger partial charge in [0, 0.05) is 28.3 Å². The summed E-state index contributed by atoms with van der Waals surface area (Å²) in [4.78, 5) is 23.5. The van der Waals surface area contributed by atoms with E-state index in [4.69, 9.17) is 4.74 Å². The van der Waals surface area contributed by atoms with Crippen LogP contribution < -0.4 is 15.4 Å². The molecule has 2 aromatic carbocycles. The van der Waals surface area contributed by atoms with Crippen LogP contribution in [-0.2, 0) is 9.59 Å². The third-order valence-corrected chi connectivity index (χ3v) is 4.42. The number of rotatable bonds is 5. The van der Waals surface area contributed by atoms with Crippen molar-refractivity contribution in [2.24, 2.45) is 0 Å². The molecule has 0 fully saturated rings. The molecule has 0 aliphatic carbocycles. The molecule has 27 heavy (non-hydrogen) atoms. The molecule has 0 spiro atoms. The first-order valence-electron chi connectivity index (χ1n) is 7.68. The molecule has 0 unspecified atom stereocenters. The highest BCUT2D eigenvalue weighted by atomic mass is 79.9. The van der Waals surface area contributed by atoms with Gasteiger partial charge in [-0.1, -0.05) is 15.9 Å². The third-order valence-electron chi connectivity index (χ3n) is 3.37. The maximum atomic E-state index is 12.4. The second kappa shape index (κ2) is 9.35. The van der Waals surface area contributed by atoms with Gasteiger partial charge in [0.15, 0.2) is 0 Å². The van der Waals surface area contributed by atoms with Gasteiger partial charge in [0.05, 0.1) is 11.6 Å². The third kappa shape index (κ3) is 5.67. The minimum atomic E-state index is -0.553. The monoisotopic (exact) mass is 491 g/mol. The standard InChI is InChI=1S/C19H15Br2N3O3/c1-11(25)23-15-3-5-16(6-4-15)24-19(26)13(10-22)7-12-8-14(20)9-17(21)18(12)27-2/h3-9H,1-2H3,(H,23,25)(H,24,26)/b13-7+. The Hall–Kier alpha value is -2.63. The summed E-state index contributed by atoms with van der Waals surface area (Å²) in [6.07, 6.45) is 1.45. The molecule has 6 nitrogen and oxygen atoms in total. The number of carbonyl (C=O) groups excluding carboxylic acids is 2. The molecule has 138 valence electrons. The van der Waals surface area contributed by atoms with Crippen LogP contribution in [0, 0.1) is 11.3 Å². The molecule has 0 bridgehead atoms. The fourth-order valence-corrected chi connectivity index (χ4v) is 3.67. The van der Waals surface area contributed by atoms with E-state index in [1.807, 2.05) is 6.07 Å². The predicted molar refractivity (Wildman–Crippen MR) is 111 cm³/mol. The minimum absolute atomic E-state index is 0.0794. The number of hydrogen-bond donors (Lipinski definition) is 2. The van der Waals surface area contributed by atoms with Crippen molar-refractivity contribution in [2.75, 3.05) is 17.7 Å². The van der Waals surface area contributed by atoms with Gasteiger partial charge in [0.2, 0.25) is 5.91 Å². The second-order valence-electron chi connectivity index (χ2n) is 5.39. The number of anilines is 2. The molecule has 2 aromatic rings. The Morgan fingerprint density at radius 3 is 2.22 bits per heavy atom. The van der Waals surface area contributed by atoms with Crippen molar-refractivity contribution in [2.45, 2.75) is 6.92 Å². The van der Waals surface area contributed by atoms with Crippen LogP contribution >= 0.6 is 31.9 Å². The van der Waals surface area contributed by atoms with Crippen LogP contribution in [0.2, 0.25) is 0 Å². The van der Waals surface area contributed by atoms with Crippen LogP contribution in [0.15, 0.2) is 50.9 Å². The van der Waals surface area contributed by atoms with Crippen LogP contribution in [0.5, 0.6) is 5.75 Å². The predicted octanol–water partition coefficient (Wildman–Crippen LogP) is 4.72. The van der Waals surface area contributed by atoms with Crippen molar-refractivity contribution in [3.63, 3.8) is 0 Å². The van der Waals surface area contributed by atoms with Gasteiger partial charge < -0.3 is 15.4 Å². The summed E-state index contributed by atoms with van der Waals surface area (Å²) in [6.45, 7) is 1.41.